The number of amides is 1. The molecule has 20 heavy (non-hydrogen) atoms. The number of ether oxygens (including phenoxy) is 1. The molecule has 118 valence electrons. The summed E-state index contributed by atoms with van der Waals surface area (Å²) in [5, 5.41) is 3.52. The third-order valence-corrected chi connectivity index (χ3v) is 3.71. The molecule has 1 fully saturated rings. The van der Waals surface area contributed by atoms with Gasteiger partial charge in [-0.2, -0.15) is 0 Å². The topological polar surface area (TPSA) is 41.6 Å². The van der Waals surface area contributed by atoms with Crippen LogP contribution in [0, 0.1) is 5.92 Å². The van der Waals surface area contributed by atoms with E-state index in [1.54, 1.807) is 11.9 Å². The number of nitrogens with zero attached hydrogens (tertiary/aromatic N) is 1. The van der Waals surface area contributed by atoms with Gasteiger partial charge in [-0.05, 0) is 59.0 Å². The molecule has 0 aromatic heterocycles. The van der Waals surface area contributed by atoms with E-state index in [1.807, 2.05) is 20.8 Å². The standard InChI is InChI=1S/C16H32N2O2/c1-16(2,3)20-15(19)18(4)12-8-11-17-13-14-9-6-5-7-10-14/h14,17H,5-13H2,1-4H3. The molecule has 4 heteroatoms. The Morgan fingerprint density at radius 2 is 1.90 bits per heavy atom. The number of hydrogen-bond donors (Lipinski definition) is 1. The van der Waals surface area contributed by atoms with E-state index in [9.17, 15) is 4.79 Å². The smallest absolute Gasteiger partial charge is 0.410 e. The van der Waals surface area contributed by atoms with Gasteiger partial charge in [-0.1, -0.05) is 19.3 Å². The summed E-state index contributed by atoms with van der Waals surface area (Å²) in [5.74, 6) is 0.868. The number of carbonyl (C=O) groups is 1. The predicted molar refractivity (Wildman–Crippen MR) is 82.9 cm³/mol. The third kappa shape index (κ3) is 7.73. The summed E-state index contributed by atoms with van der Waals surface area (Å²) in [7, 11) is 1.80. The maximum absolute atomic E-state index is 11.8. The van der Waals surface area contributed by atoms with Gasteiger partial charge in [0.05, 0.1) is 0 Å². The highest BCUT2D eigenvalue weighted by atomic mass is 16.6. The van der Waals surface area contributed by atoms with E-state index in [2.05, 4.69) is 5.32 Å². The van der Waals surface area contributed by atoms with E-state index in [0.717, 1.165) is 32.0 Å². The first kappa shape index (κ1) is 17.3. The maximum Gasteiger partial charge on any atom is 0.410 e. The molecule has 0 atom stereocenters. The summed E-state index contributed by atoms with van der Waals surface area (Å²) in [4.78, 5) is 13.4. The molecule has 1 aliphatic carbocycles. The van der Waals surface area contributed by atoms with Crippen LogP contribution in [0.15, 0.2) is 0 Å². The lowest BCUT2D eigenvalue weighted by atomic mass is 9.89. The molecule has 0 aromatic rings. The lowest BCUT2D eigenvalue weighted by Crippen LogP contribution is -2.36. The zero-order chi connectivity index (χ0) is 15.0. The monoisotopic (exact) mass is 284 g/mol. The van der Waals surface area contributed by atoms with Crippen LogP contribution in [0.25, 0.3) is 0 Å². The Bertz CT molecular complexity index is 281. The van der Waals surface area contributed by atoms with E-state index in [1.165, 1.54) is 32.1 Å². The van der Waals surface area contributed by atoms with Crippen LogP contribution >= 0.6 is 0 Å². The number of rotatable bonds is 6. The first-order valence-corrected chi connectivity index (χ1v) is 8.03. The van der Waals surface area contributed by atoms with Crippen molar-refractivity contribution in [3.8, 4) is 0 Å². The molecule has 1 N–H and O–H groups in total. The van der Waals surface area contributed by atoms with Gasteiger partial charge in [-0.3, -0.25) is 0 Å². The van der Waals surface area contributed by atoms with Gasteiger partial charge in [0.25, 0.3) is 0 Å². The molecule has 0 heterocycles. The van der Waals surface area contributed by atoms with Gasteiger partial charge in [0.2, 0.25) is 0 Å². The molecule has 1 amide bonds. The van der Waals surface area contributed by atoms with E-state index >= 15 is 0 Å². The number of nitrogens with one attached hydrogen (secondary N) is 1. The zero-order valence-corrected chi connectivity index (χ0v) is 13.7. The summed E-state index contributed by atoms with van der Waals surface area (Å²) >= 11 is 0. The second kappa shape index (κ2) is 8.50. The van der Waals surface area contributed by atoms with E-state index < -0.39 is 5.60 Å². The average molecular weight is 284 g/mol. The molecule has 0 bridgehead atoms. The Balaban J connectivity index is 2.03. The van der Waals surface area contributed by atoms with Crippen LogP contribution in [0.2, 0.25) is 0 Å². The van der Waals surface area contributed by atoms with Crippen molar-refractivity contribution >= 4 is 6.09 Å². The zero-order valence-electron chi connectivity index (χ0n) is 13.7. The first-order chi connectivity index (χ1) is 9.38. The van der Waals surface area contributed by atoms with Crippen LogP contribution < -0.4 is 5.32 Å². The minimum Gasteiger partial charge on any atom is -0.444 e. The van der Waals surface area contributed by atoms with E-state index in [-0.39, 0.29) is 6.09 Å². The molecule has 1 aliphatic rings. The quantitative estimate of drug-likeness (QED) is 0.760. The number of hydrogen-bond acceptors (Lipinski definition) is 3. The van der Waals surface area contributed by atoms with Crippen LogP contribution in [0.3, 0.4) is 0 Å². The minimum atomic E-state index is -0.412. The Kier molecular flexibility index (Phi) is 7.35. The summed E-state index contributed by atoms with van der Waals surface area (Å²) in [6, 6.07) is 0. The van der Waals surface area contributed by atoms with Gasteiger partial charge in [0.1, 0.15) is 5.60 Å². The summed E-state index contributed by atoms with van der Waals surface area (Å²) < 4.78 is 5.32. The normalized spacial score (nSPS) is 17.0. The minimum absolute atomic E-state index is 0.232. The maximum atomic E-state index is 11.8. The van der Waals surface area contributed by atoms with Crippen LogP contribution in [-0.4, -0.2) is 43.3 Å². The van der Waals surface area contributed by atoms with Crippen molar-refractivity contribution in [2.45, 2.75) is 64.9 Å². The predicted octanol–water partition coefficient (Wildman–Crippen LogP) is 3.41. The molecule has 0 saturated heterocycles. The molecule has 0 aliphatic heterocycles. The molecule has 0 spiro atoms. The summed E-state index contributed by atoms with van der Waals surface area (Å²) in [6.45, 7) is 8.53. The second-order valence-electron chi connectivity index (χ2n) is 6.96. The molecule has 1 rings (SSSR count). The van der Waals surface area contributed by atoms with Crippen LogP contribution in [0.5, 0.6) is 0 Å². The highest BCUT2D eigenvalue weighted by Crippen LogP contribution is 2.22. The Hall–Kier alpha value is -0.770. The summed E-state index contributed by atoms with van der Waals surface area (Å²) in [5.41, 5.74) is -0.412. The highest BCUT2D eigenvalue weighted by molar-refractivity contribution is 5.67. The first-order valence-electron chi connectivity index (χ1n) is 8.03. The van der Waals surface area contributed by atoms with Gasteiger partial charge >= 0.3 is 6.09 Å². The molecular formula is C16H32N2O2. The van der Waals surface area contributed by atoms with E-state index in [0.29, 0.717) is 0 Å². The Morgan fingerprint density at radius 3 is 2.50 bits per heavy atom. The number of carbonyl (C=O) groups excluding carboxylic acids is 1. The van der Waals surface area contributed by atoms with Crippen molar-refractivity contribution in [1.29, 1.82) is 0 Å². The molecule has 0 radical (unpaired) electrons. The van der Waals surface area contributed by atoms with E-state index in [4.69, 9.17) is 4.74 Å². The Labute approximate surface area is 124 Å². The van der Waals surface area contributed by atoms with Crippen LogP contribution in [-0.2, 0) is 4.74 Å². The molecule has 1 saturated carbocycles. The lowest BCUT2D eigenvalue weighted by Gasteiger charge is -2.25. The van der Waals surface area contributed by atoms with Crippen molar-refractivity contribution < 1.29 is 9.53 Å². The van der Waals surface area contributed by atoms with Crippen molar-refractivity contribution in [2.24, 2.45) is 5.92 Å². The fourth-order valence-corrected chi connectivity index (χ4v) is 2.57. The average Bonchev–Trinajstić information content (AvgIpc) is 2.37. The second-order valence-corrected chi connectivity index (χ2v) is 6.96. The van der Waals surface area contributed by atoms with Crippen LogP contribution in [0.1, 0.15) is 59.3 Å². The summed E-state index contributed by atoms with van der Waals surface area (Å²) in [6.07, 6.45) is 7.71. The van der Waals surface area contributed by atoms with Crippen molar-refractivity contribution in [3.05, 3.63) is 0 Å². The fraction of sp³-hybridized carbons (Fsp3) is 0.938. The molecule has 0 aromatic carbocycles. The highest BCUT2D eigenvalue weighted by Gasteiger charge is 2.19. The largest absolute Gasteiger partial charge is 0.444 e. The van der Waals surface area contributed by atoms with Crippen molar-refractivity contribution in [1.82, 2.24) is 10.2 Å². The molecule has 0 unspecified atom stereocenters. The van der Waals surface area contributed by atoms with Gasteiger partial charge < -0.3 is 15.0 Å². The van der Waals surface area contributed by atoms with Gasteiger partial charge in [-0.25, -0.2) is 4.79 Å². The lowest BCUT2D eigenvalue weighted by molar-refractivity contribution is 0.0297. The third-order valence-electron chi connectivity index (χ3n) is 3.71. The molecular weight excluding hydrogens is 252 g/mol. The van der Waals surface area contributed by atoms with Crippen molar-refractivity contribution in [3.63, 3.8) is 0 Å². The Morgan fingerprint density at radius 1 is 1.25 bits per heavy atom. The molecule has 4 nitrogen and oxygen atoms in total. The van der Waals surface area contributed by atoms with Gasteiger partial charge in [0.15, 0.2) is 0 Å². The SMILES string of the molecule is CN(CCCNCC1CCCCC1)C(=O)OC(C)(C)C. The van der Waals surface area contributed by atoms with Crippen LogP contribution in [0.4, 0.5) is 4.79 Å². The van der Waals surface area contributed by atoms with Crippen molar-refractivity contribution in [2.75, 3.05) is 26.7 Å². The van der Waals surface area contributed by atoms with Gasteiger partial charge in [-0.15, -0.1) is 0 Å². The fourth-order valence-electron chi connectivity index (χ4n) is 2.57. The van der Waals surface area contributed by atoms with Gasteiger partial charge in [0, 0.05) is 13.6 Å².